The zero-order chi connectivity index (χ0) is 23.2. The fraction of sp³-hybridized carbons (Fsp3) is 0.478. The standard InChI is InChI=1S/C23H28FN5O2S2/c1-3-20-25-22(21-18-9-10-27(4-2)15-19(18)32-23(21)26-20)28-11-13-29(14-12-28)33(30,31)17-7-5-16(24)6-8-17/h5-8H,3-4,9-15H2,1-2H3. The van der Waals surface area contributed by atoms with Crippen LogP contribution in [0.25, 0.3) is 10.2 Å². The summed E-state index contributed by atoms with van der Waals surface area (Å²) in [6.45, 7) is 9.12. The second kappa shape index (κ2) is 8.90. The predicted molar refractivity (Wildman–Crippen MR) is 129 cm³/mol. The SMILES string of the molecule is CCc1nc(N2CCN(S(=O)(=O)c3ccc(F)cc3)CC2)c2c3c(sc2n1)CN(CC)CC3. The van der Waals surface area contributed by atoms with E-state index < -0.39 is 15.8 Å². The fourth-order valence-corrected chi connectivity index (χ4v) is 7.32. The zero-order valence-electron chi connectivity index (χ0n) is 18.9. The topological polar surface area (TPSA) is 69.6 Å². The molecule has 4 heterocycles. The van der Waals surface area contributed by atoms with Crippen LogP contribution in [0, 0.1) is 5.82 Å². The largest absolute Gasteiger partial charge is 0.353 e. The van der Waals surface area contributed by atoms with Crippen LogP contribution in [0.5, 0.6) is 0 Å². The first-order chi connectivity index (χ1) is 15.9. The van der Waals surface area contributed by atoms with E-state index in [0.717, 1.165) is 54.3 Å². The first-order valence-corrected chi connectivity index (χ1v) is 13.7. The molecule has 33 heavy (non-hydrogen) atoms. The van der Waals surface area contributed by atoms with Crippen molar-refractivity contribution in [3.05, 3.63) is 46.3 Å². The molecule has 176 valence electrons. The van der Waals surface area contributed by atoms with Gasteiger partial charge in [0.25, 0.3) is 0 Å². The Morgan fingerprint density at radius 3 is 2.42 bits per heavy atom. The first-order valence-electron chi connectivity index (χ1n) is 11.4. The van der Waals surface area contributed by atoms with Gasteiger partial charge < -0.3 is 4.90 Å². The van der Waals surface area contributed by atoms with Gasteiger partial charge in [-0.05, 0) is 42.8 Å². The highest BCUT2D eigenvalue weighted by Crippen LogP contribution is 2.39. The molecule has 0 saturated carbocycles. The van der Waals surface area contributed by atoms with E-state index in [2.05, 4.69) is 23.6 Å². The predicted octanol–water partition coefficient (Wildman–Crippen LogP) is 3.28. The molecule has 0 unspecified atom stereocenters. The fourth-order valence-electron chi connectivity index (χ4n) is 4.62. The van der Waals surface area contributed by atoms with Gasteiger partial charge in [-0.25, -0.2) is 22.8 Å². The van der Waals surface area contributed by atoms with Crippen molar-refractivity contribution in [3.8, 4) is 0 Å². The van der Waals surface area contributed by atoms with Crippen LogP contribution >= 0.6 is 11.3 Å². The van der Waals surface area contributed by atoms with E-state index in [-0.39, 0.29) is 4.90 Å². The molecule has 1 saturated heterocycles. The van der Waals surface area contributed by atoms with Gasteiger partial charge in [-0.2, -0.15) is 4.31 Å². The Bertz CT molecular complexity index is 1270. The number of piperazine rings is 1. The van der Waals surface area contributed by atoms with Crippen molar-refractivity contribution in [2.75, 3.05) is 44.2 Å². The molecule has 3 aromatic rings. The van der Waals surface area contributed by atoms with Gasteiger partial charge in [0.15, 0.2) is 0 Å². The van der Waals surface area contributed by atoms with E-state index >= 15 is 0 Å². The molecule has 0 aliphatic carbocycles. The Balaban J connectivity index is 1.43. The molecule has 10 heteroatoms. The lowest BCUT2D eigenvalue weighted by atomic mass is 10.0. The molecular weight excluding hydrogens is 461 g/mol. The normalized spacial score (nSPS) is 18.1. The Morgan fingerprint density at radius 2 is 1.76 bits per heavy atom. The van der Waals surface area contributed by atoms with E-state index in [1.807, 2.05) is 0 Å². The molecule has 1 aromatic carbocycles. The first kappa shape index (κ1) is 22.6. The maximum atomic E-state index is 13.3. The molecule has 7 nitrogen and oxygen atoms in total. The molecule has 0 atom stereocenters. The molecule has 0 amide bonds. The smallest absolute Gasteiger partial charge is 0.243 e. The summed E-state index contributed by atoms with van der Waals surface area (Å²) in [5.41, 5.74) is 1.36. The number of sulfonamides is 1. The number of aromatic nitrogens is 2. The summed E-state index contributed by atoms with van der Waals surface area (Å²) in [4.78, 5) is 16.9. The summed E-state index contributed by atoms with van der Waals surface area (Å²) < 4.78 is 40.8. The van der Waals surface area contributed by atoms with Crippen molar-refractivity contribution in [3.63, 3.8) is 0 Å². The van der Waals surface area contributed by atoms with Crippen LogP contribution < -0.4 is 4.90 Å². The summed E-state index contributed by atoms with van der Waals surface area (Å²) in [7, 11) is -3.65. The van der Waals surface area contributed by atoms with Crippen LogP contribution in [0.4, 0.5) is 10.2 Å². The molecule has 0 spiro atoms. The molecule has 0 bridgehead atoms. The van der Waals surface area contributed by atoms with E-state index in [0.29, 0.717) is 26.2 Å². The minimum Gasteiger partial charge on any atom is -0.353 e. The molecule has 1 fully saturated rings. The summed E-state index contributed by atoms with van der Waals surface area (Å²) >= 11 is 1.77. The Labute approximate surface area is 197 Å². The maximum Gasteiger partial charge on any atom is 0.243 e. The quantitative estimate of drug-likeness (QED) is 0.548. The van der Waals surface area contributed by atoms with Crippen molar-refractivity contribution in [1.29, 1.82) is 0 Å². The minimum absolute atomic E-state index is 0.127. The van der Waals surface area contributed by atoms with Crippen molar-refractivity contribution in [1.82, 2.24) is 19.2 Å². The number of halogens is 1. The summed E-state index contributed by atoms with van der Waals surface area (Å²) in [5.74, 6) is 1.32. The number of thiophene rings is 1. The summed E-state index contributed by atoms with van der Waals surface area (Å²) in [6, 6.07) is 5.03. The lowest BCUT2D eigenvalue weighted by Crippen LogP contribution is -2.49. The Morgan fingerprint density at radius 1 is 1.03 bits per heavy atom. The van der Waals surface area contributed by atoms with E-state index in [4.69, 9.17) is 9.97 Å². The minimum atomic E-state index is -3.65. The van der Waals surface area contributed by atoms with Crippen LogP contribution in [0.2, 0.25) is 0 Å². The van der Waals surface area contributed by atoms with Gasteiger partial charge in [0.1, 0.15) is 22.3 Å². The highest BCUT2D eigenvalue weighted by atomic mass is 32.2. The molecule has 2 aromatic heterocycles. The summed E-state index contributed by atoms with van der Waals surface area (Å²) in [5, 5.41) is 1.15. The molecular formula is C23H28FN5O2S2. The number of benzene rings is 1. The van der Waals surface area contributed by atoms with Gasteiger partial charge >= 0.3 is 0 Å². The van der Waals surface area contributed by atoms with Crippen LogP contribution in [0.1, 0.15) is 30.1 Å². The lowest BCUT2D eigenvalue weighted by Gasteiger charge is -2.35. The molecule has 2 aliphatic heterocycles. The maximum absolute atomic E-state index is 13.3. The van der Waals surface area contributed by atoms with Gasteiger partial charge in [-0.15, -0.1) is 11.3 Å². The monoisotopic (exact) mass is 489 g/mol. The van der Waals surface area contributed by atoms with Gasteiger partial charge in [0.05, 0.1) is 10.3 Å². The number of likely N-dealkylation sites (N-methyl/N-ethyl adjacent to an activating group) is 1. The lowest BCUT2D eigenvalue weighted by molar-refractivity contribution is 0.272. The number of rotatable bonds is 5. The molecule has 0 N–H and O–H groups in total. The Hall–Kier alpha value is -2.14. The van der Waals surface area contributed by atoms with Crippen molar-refractivity contribution in [2.24, 2.45) is 0 Å². The van der Waals surface area contributed by atoms with Crippen molar-refractivity contribution < 1.29 is 12.8 Å². The molecule has 5 rings (SSSR count). The highest BCUT2D eigenvalue weighted by molar-refractivity contribution is 7.89. The number of hydrogen-bond acceptors (Lipinski definition) is 7. The van der Waals surface area contributed by atoms with E-state index in [9.17, 15) is 12.8 Å². The Kier molecular flexibility index (Phi) is 6.11. The zero-order valence-corrected chi connectivity index (χ0v) is 20.6. The second-order valence-corrected chi connectivity index (χ2v) is 11.5. The number of hydrogen-bond donors (Lipinski definition) is 0. The third-order valence-corrected chi connectivity index (χ3v) is 9.58. The van der Waals surface area contributed by atoms with E-state index in [1.54, 1.807) is 11.3 Å². The number of anilines is 1. The van der Waals surface area contributed by atoms with Gasteiger partial charge in [0.2, 0.25) is 10.0 Å². The van der Waals surface area contributed by atoms with Gasteiger partial charge in [-0.1, -0.05) is 13.8 Å². The highest BCUT2D eigenvalue weighted by Gasteiger charge is 2.31. The number of fused-ring (bicyclic) bond motifs is 3. The molecule has 2 aliphatic rings. The van der Waals surface area contributed by atoms with Gasteiger partial charge in [-0.3, -0.25) is 4.90 Å². The van der Waals surface area contributed by atoms with E-state index in [1.165, 1.54) is 39.0 Å². The third kappa shape index (κ3) is 4.14. The molecule has 0 radical (unpaired) electrons. The number of aryl methyl sites for hydroxylation is 1. The third-order valence-electron chi connectivity index (χ3n) is 6.56. The van der Waals surface area contributed by atoms with Crippen LogP contribution in [-0.4, -0.2) is 66.9 Å². The van der Waals surface area contributed by atoms with Crippen LogP contribution in [-0.2, 0) is 29.4 Å². The van der Waals surface area contributed by atoms with Crippen molar-refractivity contribution >= 4 is 37.4 Å². The average molecular weight is 490 g/mol. The van der Waals surface area contributed by atoms with Crippen molar-refractivity contribution in [2.45, 2.75) is 38.1 Å². The average Bonchev–Trinajstić information content (AvgIpc) is 3.21. The van der Waals surface area contributed by atoms with Crippen LogP contribution in [0.3, 0.4) is 0 Å². The number of nitrogens with zero attached hydrogens (tertiary/aromatic N) is 5. The van der Waals surface area contributed by atoms with Crippen LogP contribution in [0.15, 0.2) is 29.2 Å². The summed E-state index contributed by atoms with van der Waals surface area (Å²) in [6.07, 6.45) is 1.75. The van der Waals surface area contributed by atoms with Gasteiger partial charge in [0, 0.05) is 50.6 Å². The second-order valence-electron chi connectivity index (χ2n) is 8.46.